The minimum absolute atomic E-state index is 0.0245. The minimum atomic E-state index is -5.31. The maximum atomic E-state index is 13.3. The van der Waals surface area contributed by atoms with Gasteiger partial charge in [0, 0.05) is 30.4 Å². The zero-order valence-electron chi connectivity index (χ0n) is 25.3. The van der Waals surface area contributed by atoms with Crippen molar-refractivity contribution in [3.8, 4) is 11.5 Å². The quantitative estimate of drug-likeness (QED) is 0.0274. The lowest BCUT2D eigenvalue weighted by atomic mass is 9.97. The third kappa shape index (κ3) is 9.37. The number of carbonyl (C=O) groups excluding carboxylic acids is 3. The van der Waals surface area contributed by atoms with E-state index in [-0.39, 0.29) is 30.6 Å². The van der Waals surface area contributed by atoms with E-state index in [1.54, 1.807) is 0 Å². The average Bonchev–Trinajstić information content (AvgIpc) is 3.00. The summed E-state index contributed by atoms with van der Waals surface area (Å²) in [5, 5.41) is 20.2. The monoisotopic (exact) mass is 755 g/mol. The number of nitrogens with two attached hydrogens (primary N) is 1. The van der Waals surface area contributed by atoms with Crippen molar-refractivity contribution >= 4 is 68.4 Å². The molecule has 0 aromatic heterocycles. The highest BCUT2D eigenvalue weighted by Gasteiger charge is 2.66. The van der Waals surface area contributed by atoms with Crippen LogP contribution in [0.4, 0.5) is 0 Å². The fraction of sp³-hybridized carbons (Fsp3) is 0.400. The molecule has 2 heterocycles. The number of nitrogens with zero attached hydrogens (tertiary/aromatic N) is 1. The number of thioether (sulfide) groups is 1. The number of methoxy groups -OCH3 is 2. The zero-order valence-corrected chi connectivity index (χ0v) is 27.7. The molecule has 0 spiro atoms. The first-order chi connectivity index (χ1) is 22.7. The molecule has 3 rings (SSSR count). The number of carboxylic acids is 2. The standard InChI is InChI=1S/C25H29N3O18S3/c1-42-16(9-12-5-3-7-15(45-48(36,37)38)19(12)46-49(39,40)41)22(34)44-10-13-11-47-24-25(43-2,23(35)28(24)18(13)21(32)33)27-17(29)8-4-6-14(26)20(30)31/h3,5,7,9,14,24H,4,6,8,10-11,26H2,1-2H3,(H,27,29)(H,30,31)(H,32,33)(H,36,37,38)(H,39,40,41)/t14-,24-,25+/m1/s1. The van der Waals surface area contributed by atoms with E-state index >= 15 is 0 Å². The van der Waals surface area contributed by atoms with Gasteiger partial charge in [0.2, 0.25) is 11.7 Å². The summed E-state index contributed by atoms with van der Waals surface area (Å²) >= 11 is 0.963. The van der Waals surface area contributed by atoms with E-state index in [1.807, 2.05) is 0 Å². The molecule has 3 atom stereocenters. The van der Waals surface area contributed by atoms with Gasteiger partial charge in [0.25, 0.3) is 11.6 Å². The summed E-state index contributed by atoms with van der Waals surface area (Å²) in [4.78, 5) is 62.7. The Hall–Kier alpha value is -4.46. The van der Waals surface area contributed by atoms with Crippen molar-refractivity contribution in [3.05, 3.63) is 40.8 Å². The Kier molecular flexibility index (Phi) is 12.2. The van der Waals surface area contributed by atoms with Gasteiger partial charge in [-0.1, -0.05) is 12.1 Å². The molecule has 270 valence electrons. The van der Waals surface area contributed by atoms with E-state index in [2.05, 4.69) is 13.7 Å². The second-order valence-corrected chi connectivity index (χ2v) is 13.0. The Labute approximate surface area is 281 Å². The molecule has 1 saturated heterocycles. The Morgan fingerprint density at radius 1 is 1.12 bits per heavy atom. The molecule has 0 saturated carbocycles. The lowest BCUT2D eigenvalue weighted by molar-refractivity contribution is -0.192. The molecule has 1 aromatic rings. The van der Waals surface area contributed by atoms with Crippen molar-refractivity contribution in [2.24, 2.45) is 5.73 Å². The molecular formula is C25H29N3O18S3. The third-order valence-electron chi connectivity index (χ3n) is 6.67. The van der Waals surface area contributed by atoms with Gasteiger partial charge in [-0.15, -0.1) is 11.8 Å². The van der Waals surface area contributed by atoms with Crippen molar-refractivity contribution in [1.82, 2.24) is 10.2 Å². The fourth-order valence-corrected chi connectivity index (χ4v) is 6.68. The van der Waals surface area contributed by atoms with E-state index in [0.717, 1.165) is 55.2 Å². The molecule has 0 radical (unpaired) electrons. The van der Waals surface area contributed by atoms with Crippen LogP contribution in [0.25, 0.3) is 6.08 Å². The molecule has 0 bridgehead atoms. The Bertz CT molecular complexity index is 1810. The number of hydrogen-bond acceptors (Lipinski definition) is 16. The Morgan fingerprint density at radius 3 is 2.33 bits per heavy atom. The summed E-state index contributed by atoms with van der Waals surface area (Å²) in [6, 6.07) is 1.79. The van der Waals surface area contributed by atoms with E-state index in [4.69, 9.17) is 34.2 Å². The number of ether oxygens (including phenoxy) is 3. The number of nitrogens with one attached hydrogen (secondary N) is 1. The minimum Gasteiger partial charge on any atom is -0.490 e. The van der Waals surface area contributed by atoms with Crippen LogP contribution in [0.15, 0.2) is 35.2 Å². The predicted octanol–water partition coefficient (Wildman–Crippen LogP) is -1.12. The van der Waals surface area contributed by atoms with Crippen LogP contribution < -0.4 is 19.4 Å². The van der Waals surface area contributed by atoms with Gasteiger partial charge in [-0.3, -0.25) is 28.4 Å². The van der Waals surface area contributed by atoms with Crippen LogP contribution >= 0.6 is 11.8 Å². The highest BCUT2D eigenvalue weighted by molar-refractivity contribution is 8.00. The van der Waals surface area contributed by atoms with Crippen LogP contribution in [-0.4, -0.2) is 114 Å². The number of aliphatic carboxylic acids is 2. The smallest absolute Gasteiger partial charge is 0.446 e. The molecule has 2 aliphatic rings. The number of para-hydroxylation sites is 1. The molecular weight excluding hydrogens is 726 g/mol. The first-order valence-corrected chi connectivity index (χ1v) is 17.2. The van der Waals surface area contributed by atoms with Gasteiger partial charge in [0.1, 0.15) is 23.7 Å². The van der Waals surface area contributed by atoms with Gasteiger partial charge in [0.15, 0.2) is 11.5 Å². The molecule has 2 aliphatic heterocycles. The van der Waals surface area contributed by atoms with Crippen molar-refractivity contribution < 1.29 is 82.7 Å². The molecule has 21 nitrogen and oxygen atoms in total. The SMILES string of the molecule is COC(=Cc1cccc(OS(=O)(=O)O)c1OS(=O)(=O)O)C(=O)OCC1=C(C(=O)O)N2C(=O)[C@](NC(=O)CCC[C@@H](N)C(=O)O)(OC)[C@H]2SC1. The number of hydrogen-bond donors (Lipinski definition) is 6. The number of amides is 2. The van der Waals surface area contributed by atoms with Gasteiger partial charge < -0.3 is 43.8 Å². The van der Waals surface area contributed by atoms with Gasteiger partial charge in [-0.2, -0.15) is 16.8 Å². The number of rotatable bonds is 17. The van der Waals surface area contributed by atoms with Gasteiger partial charge in [-0.25, -0.2) is 9.59 Å². The van der Waals surface area contributed by atoms with E-state index in [9.17, 15) is 45.9 Å². The number of esters is 1. The predicted molar refractivity (Wildman–Crippen MR) is 162 cm³/mol. The molecule has 2 amide bonds. The maximum absolute atomic E-state index is 13.3. The molecule has 7 N–H and O–H groups in total. The second kappa shape index (κ2) is 15.4. The number of benzene rings is 1. The average molecular weight is 756 g/mol. The summed E-state index contributed by atoms with van der Waals surface area (Å²) in [5.41, 5.74) is 2.39. The molecule has 1 aromatic carbocycles. The maximum Gasteiger partial charge on any atom is 0.446 e. The van der Waals surface area contributed by atoms with Crippen LogP contribution in [0.2, 0.25) is 0 Å². The first-order valence-electron chi connectivity index (χ1n) is 13.4. The summed E-state index contributed by atoms with van der Waals surface area (Å²) in [6.45, 7) is -0.721. The molecule has 49 heavy (non-hydrogen) atoms. The van der Waals surface area contributed by atoms with Crippen LogP contribution in [0.5, 0.6) is 11.5 Å². The van der Waals surface area contributed by atoms with E-state index in [1.165, 1.54) is 0 Å². The molecule has 1 fully saturated rings. The first kappa shape index (κ1) is 39.0. The second-order valence-electron chi connectivity index (χ2n) is 9.91. The fourth-order valence-electron chi connectivity index (χ4n) is 4.52. The molecule has 0 unspecified atom stereocenters. The van der Waals surface area contributed by atoms with Gasteiger partial charge in [-0.05, 0) is 25.0 Å². The van der Waals surface area contributed by atoms with Crippen molar-refractivity contribution in [2.45, 2.75) is 36.4 Å². The summed E-state index contributed by atoms with van der Waals surface area (Å²) in [5.74, 6) is -8.52. The molecule has 0 aliphatic carbocycles. The molecule has 24 heteroatoms. The van der Waals surface area contributed by atoms with Crippen LogP contribution in [0, 0.1) is 0 Å². The number of carboxylic acid groups (broad SMARTS) is 2. The van der Waals surface area contributed by atoms with Crippen LogP contribution in [0.1, 0.15) is 24.8 Å². The normalized spacial score (nSPS) is 20.0. The Balaban J connectivity index is 1.82. The Morgan fingerprint density at radius 2 is 1.78 bits per heavy atom. The number of fused-ring (bicyclic) bond motifs is 1. The lowest BCUT2D eigenvalue weighted by Crippen LogP contribution is -2.80. The van der Waals surface area contributed by atoms with Crippen molar-refractivity contribution in [1.29, 1.82) is 0 Å². The van der Waals surface area contributed by atoms with Crippen molar-refractivity contribution in [3.63, 3.8) is 0 Å². The van der Waals surface area contributed by atoms with Gasteiger partial charge in [0.05, 0.1) is 7.11 Å². The third-order valence-corrected chi connectivity index (χ3v) is 8.82. The van der Waals surface area contributed by atoms with Crippen LogP contribution in [0.3, 0.4) is 0 Å². The lowest BCUT2D eigenvalue weighted by Gasteiger charge is -2.55. The summed E-state index contributed by atoms with van der Waals surface area (Å²) in [7, 11) is -8.43. The highest BCUT2D eigenvalue weighted by Crippen LogP contribution is 2.46. The summed E-state index contributed by atoms with van der Waals surface area (Å²) < 4.78 is 87.4. The van der Waals surface area contributed by atoms with Crippen molar-refractivity contribution in [2.75, 3.05) is 26.6 Å². The topological polar surface area (TPSA) is 322 Å². The van der Waals surface area contributed by atoms with Crippen LogP contribution in [-0.2, 0) is 59.0 Å². The van der Waals surface area contributed by atoms with Gasteiger partial charge >= 0.3 is 38.7 Å². The zero-order chi connectivity index (χ0) is 36.9. The summed E-state index contributed by atoms with van der Waals surface area (Å²) in [6.07, 6.45) is 0.614. The number of β-lactam (4-membered cyclic amide) rings is 1. The van der Waals surface area contributed by atoms with E-state index in [0.29, 0.717) is 0 Å². The largest absolute Gasteiger partial charge is 0.490 e. The number of carbonyl (C=O) groups is 5. The highest BCUT2D eigenvalue weighted by atomic mass is 32.3. The van der Waals surface area contributed by atoms with E-state index < -0.39 is 103 Å².